The van der Waals surface area contributed by atoms with Gasteiger partial charge in [0.25, 0.3) is 6.43 Å². The van der Waals surface area contributed by atoms with Crippen molar-refractivity contribution in [2.75, 3.05) is 16.8 Å². The monoisotopic (exact) mass is 458 g/mol. The number of nitrogens with zero attached hydrogens (tertiary/aromatic N) is 3. The number of hydrogen-bond acceptors (Lipinski definition) is 4. The molecule has 0 saturated heterocycles. The molecule has 10 heteroatoms. The standard InChI is InChI=1S/C23H18F4N4O2/c1-11-7-17-19(22(27)29-11)20-16(8-14(24)9-28-20)12(2)23(33)31(17)10-18(32)30-15-5-3-13(4-6-15)21(25)26/h3-9,12,21H,10H2,1-2H3,(H,30,32)/t12-/m1/s1. The van der Waals surface area contributed by atoms with Crippen molar-refractivity contribution in [3.63, 3.8) is 0 Å². The highest BCUT2D eigenvalue weighted by atomic mass is 19.3. The average molecular weight is 458 g/mol. The highest BCUT2D eigenvalue weighted by Crippen LogP contribution is 2.41. The first-order chi connectivity index (χ1) is 15.7. The third-order valence-electron chi connectivity index (χ3n) is 5.35. The smallest absolute Gasteiger partial charge is 0.263 e. The van der Waals surface area contributed by atoms with Gasteiger partial charge in [-0.25, -0.2) is 18.2 Å². The van der Waals surface area contributed by atoms with Gasteiger partial charge in [0.2, 0.25) is 17.8 Å². The number of carbonyl (C=O) groups is 2. The Morgan fingerprint density at radius 1 is 1.18 bits per heavy atom. The van der Waals surface area contributed by atoms with Crippen LogP contribution in [0.15, 0.2) is 42.6 Å². The minimum Gasteiger partial charge on any atom is -0.325 e. The fourth-order valence-electron chi connectivity index (χ4n) is 3.75. The van der Waals surface area contributed by atoms with Gasteiger partial charge in [-0.15, -0.1) is 0 Å². The van der Waals surface area contributed by atoms with E-state index in [1.54, 1.807) is 0 Å². The molecule has 3 aromatic rings. The van der Waals surface area contributed by atoms with Crippen LogP contribution in [0.4, 0.5) is 28.9 Å². The summed E-state index contributed by atoms with van der Waals surface area (Å²) < 4.78 is 54.3. The van der Waals surface area contributed by atoms with Crippen LogP contribution in [0.2, 0.25) is 0 Å². The second-order valence-electron chi connectivity index (χ2n) is 7.66. The number of aryl methyl sites for hydroxylation is 1. The number of amides is 2. The van der Waals surface area contributed by atoms with Crippen molar-refractivity contribution in [3.8, 4) is 11.3 Å². The molecule has 0 bridgehead atoms. The van der Waals surface area contributed by atoms with Crippen molar-refractivity contribution in [2.45, 2.75) is 26.2 Å². The molecular weight excluding hydrogens is 440 g/mol. The first-order valence-electron chi connectivity index (χ1n) is 9.98. The number of alkyl halides is 2. The largest absolute Gasteiger partial charge is 0.325 e. The van der Waals surface area contributed by atoms with Gasteiger partial charge in [-0.05, 0) is 43.7 Å². The van der Waals surface area contributed by atoms with Crippen molar-refractivity contribution in [2.24, 2.45) is 0 Å². The fourth-order valence-corrected chi connectivity index (χ4v) is 3.75. The average Bonchev–Trinajstić information content (AvgIpc) is 2.84. The summed E-state index contributed by atoms with van der Waals surface area (Å²) >= 11 is 0. The molecule has 4 rings (SSSR count). The quantitative estimate of drug-likeness (QED) is 0.452. The number of pyridine rings is 2. The van der Waals surface area contributed by atoms with Gasteiger partial charge in [0.05, 0.1) is 29.1 Å². The topological polar surface area (TPSA) is 75.2 Å². The molecule has 0 radical (unpaired) electrons. The molecule has 1 aliphatic rings. The van der Waals surface area contributed by atoms with Crippen LogP contribution in [0.3, 0.4) is 0 Å². The summed E-state index contributed by atoms with van der Waals surface area (Å²) in [5.74, 6) is -3.70. The summed E-state index contributed by atoms with van der Waals surface area (Å²) in [7, 11) is 0. The molecule has 2 amide bonds. The lowest BCUT2D eigenvalue weighted by Gasteiger charge is -2.24. The van der Waals surface area contributed by atoms with Gasteiger partial charge < -0.3 is 10.2 Å². The molecule has 33 heavy (non-hydrogen) atoms. The summed E-state index contributed by atoms with van der Waals surface area (Å²) in [6.07, 6.45) is -1.72. The van der Waals surface area contributed by atoms with Crippen LogP contribution in [0.25, 0.3) is 11.3 Å². The predicted octanol–water partition coefficient (Wildman–Crippen LogP) is 4.76. The third-order valence-corrected chi connectivity index (χ3v) is 5.35. The first-order valence-corrected chi connectivity index (χ1v) is 9.98. The molecule has 1 atom stereocenters. The molecule has 170 valence electrons. The number of rotatable bonds is 4. The highest BCUT2D eigenvalue weighted by Gasteiger charge is 2.35. The summed E-state index contributed by atoms with van der Waals surface area (Å²) in [6.45, 7) is 2.55. The van der Waals surface area contributed by atoms with E-state index < -0.39 is 42.5 Å². The SMILES string of the molecule is Cc1cc2c(c(F)n1)-c1ncc(F)cc1[C@@H](C)C(=O)N2CC(=O)Nc1ccc(C(F)F)cc1. The Morgan fingerprint density at radius 2 is 1.88 bits per heavy atom. The maximum Gasteiger partial charge on any atom is 0.263 e. The van der Waals surface area contributed by atoms with E-state index in [-0.39, 0.29) is 39.5 Å². The van der Waals surface area contributed by atoms with E-state index in [9.17, 15) is 27.2 Å². The first kappa shape index (κ1) is 22.4. The molecule has 1 aromatic carbocycles. The summed E-state index contributed by atoms with van der Waals surface area (Å²) in [5.41, 5.74) is 0.544. The van der Waals surface area contributed by atoms with Crippen LogP contribution >= 0.6 is 0 Å². The van der Waals surface area contributed by atoms with E-state index in [1.165, 1.54) is 44.2 Å². The van der Waals surface area contributed by atoms with Crippen LogP contribution < -0.4 is 10.2 Å². The molecule has 0 saturated carbocycles. The van der Waals surface area contributed by atoms with E-state index in [0.717, 1.165) is 17.2 Å². The number of anilines is 2. The van der Waals surface area contributed by atoms with Crippen molar-refractivity contribution in [3.05, 3.63) is 71.2 Å². The second kappa shape index (κ2) is 8.61. The predicted molar refractivity (Wildman–Crippen MR) is 113 cm³/mol. The van der Waals surface area contributed by atoms with Gasteiger partial charge in [-0.1, -0.05) is 12.1 Å². The molecule has 0 fully saturated rings. The van der Waals surface area contributed by atoms with Crippen molar-refractivity contribution in [1.82, 2.24) is 9.97 Å². The zero-order valence-electron chi connectivity index (χ0n) is 17.6. The van der Waals surface area contributed by atoms with Crippen molar-refractivity contribution >= 4 is 23.2 Å². The Labute approximate surface area is 186 Å². The Bertz CT molecular complexity index is 1250. The lowest BCUT2D eigenvalue weighted by molar-refractivity contribution is -0.122. The number of benzene rings is 1. The van der Waals surface area contributed by atoms with E-state index >= 15 is 0 Å². The second-order valence-corrected chi connectivity index (χ2v) is 7.66. The molecule has 0 spiro atoms. The molecule has 2 aromatic heterocycles. The Balaban J connectivity index is 1.71. The molecule has 0 unspecified atom stereocenters. The molecule has 1 N–H and O–H groups in total. The minimum absolute atomic E-state index is 0.0720. The van der Waals surface area contributed by atoms with Gasteiger partial charge in [0.1, 0.15) is 12.4 Å². The maximum atomic E-state index is 15.0. The minimum atomic E-state index is -2.64. The molecule has 3 heterocycles. The van der Waals surface area contributed by atoms with E-state index in [0.29, 0.717) is 0 Å². The zero-order valence-corrected chi connectivity index (χ0v) is 17.6. The maximum absolute atomic E-state index is 15.0. The van der Waals surface area contributed by atoms with Crippen LogP contribution in [0, 0.1) is 18.7 Å². The number of carbonyl (C=O) groups excluding carboxylic acids is 2. The van der Waals surface area contributed by atoms with Crippen LogP contribution in [-0.2, 0) is 9.59 Å². The summed E-state index contributed by atoms with van der Waals surface area (Å²) in [6, 6.07) is 7.55. The third kappa shape index (κ3) is 4.28. The fraction of sp³-hybridized carbons (Fsp3) is 0.217. The molecule has 1 aliphatic heterocycles. The van der Waals surface area contributed by atoms with Crippen molar-refractivity contribution in [1.29, 1.82) is 0 Å². The number of halogens is 4. The molecule has 6 nitrogen and oxygen atoms in total. The Kier molecular flexibility index (Phi) is 5.84. The van der Waals surface area contributed by atoms with Gasteiger partial charge >= 0.3 is 0 Å². The van der Waals surface area contributed by atoms with Crippen molar-refractivity contribution < 1.29 is 27.2 Å². The Morgan fingerprint density at radius 3 is 2.55 bits per heavy atom. The van der Waals surface area contributed by atoms with Gasteiger partial charge in [0, 0.05) is 16.9 Å². The van der Waals surface area contributed by atoms with E-state index in [2.05, 4.69) is 15.3 Å². The van der Waals surface area contributed by atoms with Gasteiger partial charge in [-0.3, -0.25) is 14.6 Å². The van der Waals surface area contributed by atoms with Gasteiger partial charge in [-0.2, -0.15) is 4.39 Å². The summed E-state index contributed by atoms with van der Waals surface area (Å²) in [5, 5.41) is 2.54. The highest BCUT2D eigenvalue weighted by molar-refractivity contribution is 6.09. The zero-order chi connectivity index (χ0) is 23.9. The lowest BCUT2D eigenvalue weighted by atomic mass is 9.97. The van der Waals surface area contributed by atoms with E-state index in [4.69, 9.17) is 0 Å². The van der Waals surface area contributed by atoms with Crippen LogP contribution in [0.5, 0.6) is 0 Å². The number of aromatic nitrogens is 2. The lowest BCUT2D eigenvalue weighted by Crippen LogP contribution is -2.40. The number of hydrogen-bond donors (Lipinski definition) is 1. The van der Waals surface area contributed by atoms with Crippen LogP contribution in [0.1, 0.15) is 36.1 Å². The number of nitrogens with one attached hydrogen (secondary N) is 1. The molecular formula is C23H18F4N4O2. The summed E-state index contributed by atoms with van der Waals surface area (Å²) in [4.78, 5) is 34.9. The molecule has 0 aliphatic carbocycles. The van der Waals surface area contributed by atoms with E-state index in [1.807, 2.05) is 0 Å². The number of fused-ring (bicyclic) bond motifs is 3. The Hall–Kier alpha value is -3.82. The normalized spacial score (nSPS) is 15.2. The van der Waals surface area contributed by atoms with Crippen LogP contribution in [-0.4, -0.2) is 28.3 Å². The van der Waals surface area contributed by atoms with Gasteiger partial charge in [0.15, 0.2) is 0 Å².